The molecule has 0 bridgehead atoms. The fraction of sp³-hybridized carbons (Fsp3) is 0. The van der Waals surface area contributed by atoms with Crippen LogP contribution in [0.25, 0.3) is 23.0 Å². The Morgan fingerprint density at radius 2 is 2.10 bits per heavy atom. The van der Waals surface area contributed by atoms with Crippen LogP contribution in [-0.2, 0) is 0 Å². The van der Waals surface area contributed by atoms with E-state index in [2.05, 4.69) is 15.1 Å². The lowest BCUT2D eigenvalue weighted by atomic mass is 10.2. The largest absolute Gasteiger partial charge is 0.397 e. The Labute approximate surface area is 118 Å². The molecular weight excluding hydrogens is 283 g/mol. The van der Waals surface area contributed by atoms with E-state index in [-0.39, 0.29) is 16.7 Å². The van der Waals surface area contributed by atoms with Crippen molar-refractivity contribution >= 4 is 17.3 Å². The van der Waals surface area contributed by atoms with E-state index in [1.807, 2.05) is 0 Å². The van der Waals surface area contributed by atoms with E-state index in [1.165, 1.54) is 18.2 Å². The number of rotatable bonds is 2. The molecule has 0 saturated carbocycles. The van der Waals surface area contributed by atoms with Gasteiger partial charge in [0.2, 0.25) is 5.82 Å². The molecular formula is C13H8ClFN4O. The van der Waals surface area contributed by atoms with Crippen molar-refractivity contribution < 1.29 is 8.91 Å². The molecule has 3 aromatic rings. The lowest BCUT2D eigenvalue weighted by Gasteiger charge is -1.98. The highest BCUT2D eigenvalue weighted by Crippen LogP contribution is 2.29. The summed E-state index contributed by atoms with van der Waals surface area (Å²) in [6, 6.07) is 7.31. The first-order chi connectivity index (χ1) is 9.65. The summed E-state index contributed by atoms with van der Waals surface area (Å²) in [6.07, 6.45) is 1.57. The Hall–Kier alpha value is -2.47. The van der Waals surface area contributed by atoms with Crippen molar-refractivity contribution in [1.29, 1.82) is 0 Å². The van der Waals surface area contributed by atoms with Gasteiger partial charge in [0, 0.05) is 11.8 Å². The minimum Gasteiger partial charge on any atom is -0.397 e. The molecule has 0 atom stereocenters. The fourth-order valence-corrected chi connectivity index (χ4v) is 1.95. The van der Waals surface area contributed by atoms with Gasteiger partial charge in [0.1, 0.15) is 5.82 Å². The van der Waals surface area contributed by atoms with Crippen LogP contribution >= 0.6 is 11.6 Å². The molecule has 7 heteroatoms. The highest BCUT2D eigenvalue weighted by Gasteiger charge is 2.16. The monoisotopic (exact) mass is 290 g/mol. The van der Waals surface area contributed by atoms with Crippen LogP contribution < -0.4 is 5.73 Å². The Morgan fingerprint density at radius 3 is 2.85 bits per heavy atom. The third-order valence-electron chi connectivity index (χ3n) is 2.64. The summed E-state index contributed by atoms with van der Waals surface area (Å²) in [6.45, 7) is 0. The number of benzene rings is 1. The molecule has 0 unspecified atom stereocenters. The number of anilines is 1. The zero-order valence-corrected chi connectivity index (χ0v) is 10.8. The first kappa shape index (κ1) is 12.6. The predicted molar refractivity (Wildman–Crippen MR) is 72.3 cm³/mol. The third kappa shape index (κ3) is 2.21. The average molecular weight is 291 g/mol. The summed E-state index contributed by atoms with van der Waals surface area (Å²) in [4.78, 5) is 8.25. The second-order valence-electron chi connectivity index (χ2n) is 3.99. The molecule has 0 spiro atoms. The topological polar surface area (TPSA) is 77.8 Å². The molecule has 0 amide bonds. The summed E-state index contributed by atoms with van der Waals surface area (Å²) in [5.41, 5.74) is 7.07. The van der Waals surface area contributed by atoms with E-state index in [9.17, 15) is 4.39 Å². The van der Waals surface area contributed by atoms with E-state index < -0.39 is 5.82 Å². The molecule has 0 radical (unpaired) electrons. The van der Waals surface area contributed by atoms with Gasteiger partial charge in [-0.05, 0) is 30.3 Å². The zero-order chi connectivity index (χ0) is 14.1. The van der Waals surface area contributed by atoms with Crippen molar-refractivity contribution in [2.24, 2.45) is 0 Å². The van der Waals surface area contributed by atoms with Gasteiger partial charge in [0.05, 0.1) is 10.7 Å². The zero-order valence-electron chi connectivity index (χ0n) is 10.0. The number of nitrogens with zero attached hydrogens (tertiary/aromatic N) is 3. The molecule has 100 valence electrons. The van der Waals surface area contributed by atoms with Crippen LogP contribution in [0.2, 0.25) is 5.02 Å². The molecule has 0 fully saturated rings. The second-order valence-corrected chi connectivity index (χ2v) is 4.40. The molecule has 0 aliphatic rings. The van der Waals surface area contributed by atoms with Crippen LogP contribution in [0.1, 0.15) is 0 Å². The molecule has 2 N–H and O–H groups in total. The number of halogens is 2. The van der Waals surface area contributed by atoms with Gasteiger partial charge in [-0.1, -0.05) is 16.8 Å². The Morgan fingerprint density at radius 1 is 1.25 bits per heavy atom. The Bertz CT molecular complexity index is 775. The number of nitrogens with two attached hydrogens (primary N) is 1. The van der Waals surface area contributed by atoms with Gasteiger partial charge in [-0.25, -0.2) is 9.37 Å². The molecule has 0 saturated heterocycles. The van der Waals surface area contributed by atoms with Crippen molar-refractivity contribution in [2.45, 2.75) is 0 Å². The number of hydrogen-bond donors (Lipinski definition) is 1. The minimum atomic E-state index is -0.434. The fourth-order valence-electron chi connectivity index (χ4n) is 1.70. The van der Waals surface area contributed by atoms with Gasteiger partial charge < -0.3 is 10.3 Å². The maximum Gasteiger partial charge on any atom is 0.278 e. The summed E-state index contributed by atoms with van der Waals surface area (Å²) >= 11 is 5.95. The molecule has 0 aliphatic carbocycles. The van der Waals surface area contributed by atoms with Crippen LogP contribution in [-0.4, -0.2) is 15.1 Å². The number of pyridine rings is 1. The van der Waals surface area contributed by atoms with Gasteiger partial charge in [-0.2, -0.15) is 4.98 Å². The van der Waals surface area contributed by atoms with Crippen LogP contribution in [0.5, 0.6) is 0 Å². The number of aromatic nitrogens is 3. The quantitative estimate of drug-likeness (QED) is 0.784. The highest BCUT2D eigenvalue weighted by molar-refractivity contribution is 6.33. The van der Waals surface area contributed by atoms with Crippen molar-refractivity contribution in [2.75, 3.05) is 5.73 Å². The van der Waals surface area contributed by atoms with E-state index in [4.69, 9.17) is 21.9 Å². The molecule has 3 rings (SSSR count). The second kappa shape index (κ2) is 4.90. The normalized spacial score (nSPS) is 10.7. The van der Waals surface area contributed by atoms with Crippen LogP contribution in [0.4, 0.5) is 10.1 Å². The maximum absolute atomic E-state index is 13.0. The summed E-state index contributed by atoms with van der Waals surface area (Å²) in [5, 5.41) is 4.01. The number of hydrogen-bond acceptors (Lipinski definition) is 5. The van der Waals surface area contributed by atoms with E-state index in [1.54, 1.807) is 18.3 Å². The standard InChI is InChI=1S/C13H8ClFN4O/c14-9-6-7(15)3-4-8(9)12-18-13(20-19-12)11-10(16)2-1-5-17-11/h1-6H,16H2. The third-order valence-corrected chi connectivity index (χ3v) is 2.95. The van der Waals surface area contributed by atoms with Gasteiger partial charge in [0.25, 0.3) is 5.89 Å². The average Bonchev–Trinajstić information content (AvgIpc) is 2.88. The summed E-state index contributed by atoms with van der Waals surface area (Å²) in [7, 11) is 0. The van der Waals surface area contributed by atoms with Crippen LogP contribution in [0, 0.1) is 5.82 Å². The van der Waals surface area contributed by atoms with Crippen LogP contribution in [0.15, 0.2) is 41.1 Å². The lowest BCUT2D eigenvalue weighted by Crippen LogP contribution is -1.92. The van der Waals surface area contributed by atoms with E-state index >= 15 is 0 Å². The van der Waals surface area contributed by atoms with E-state index in [0.717, 1.165) is 0 Å². The smallest absolute Gasteiger partial charge is 0.278 e. The predicted octanol–water partition coefficient (Wildman–Crippen LogP) is 3.17. The Balaban J connectivity index is 2.04. The van der Waals surface area contributed by atoms with E-state index in [0.29, 0.717) is 16.9 Å². The highest BCUT2D eigenvalue weighted by atomic mass is 35.5. The van der Waals surface area contributed by atoms with Crippen molar-refractivity contribution in [1.82, 2.24) is 15.1 Å². The molecule has 1 aromatic carbocycles. The van der Waals surface area contributed by atoms with Crippen molar-refractivity contribution in [3.63, 3.8) is 0 Å². The molecule has 2 aromatic heterocycles. The van der Waals surface area contributed by atoms with Crippen molar-refractivity contribution in [3.05, 3.63) is 47.4 Å². The molecule has 20 heavy (non-hydrogen) atoms. The van der Waals surface area contributed by atoms with Gasteiger partial charge >= 0.3 is 0 Å². The SMILES string of the molecule is Nc1cccnc1-c1nc(-c2ccc(F)cc2Cl)no1. The molecule has 5 nitrogen and oxygen atoms in total. The summed E-state index contributed by atoms with van der Waals surface area (Å²) < 4.78 is 18.1. The molecule has 0 aliphatic heterocycles. The van der Waals surface area contributed by atoms with Gasteiger partial charge in [-0.3, -0.25) is 0 Å². The minimum absolute atomic E-state index is 0.179. The van der Waals surface area contributed by atoms with Gasteiger partial charge in [-0.15, -0.1) is 0 Å². The van der Waals surface area contributed by atoms with Gasteiger partial charge in [0.15, 0.2) is 5.69 Å². The maximum atomic E-state index is 13.0. The first-order valence-corrected chi connectivity index (χ1v) is 6.03. The Kier molecular flexibility index (Phi) is 3.08. The number of nitrogen functional groups attached to an aromatic ring is 1. The van der Waals surface area contributed by atoms with Crippen molar-refractivity contribution in [3.8, 4) is 23.0 Å². The van der Waals surface area contributed by atoms with Crippen LogP contribution in [0.3, 0.4) is 0 Å². The first-order valence-electron chi connectivity index (χ1n) is 5.65. The summed E-state index contributed by atoms with van der Waals surface area (Å²) in [5.74, 6) is -0.00927. The lowest BCUT2D eigenvalue weighted by molar-refractivity contribution is 0.431. The molecule has 2 heterocycles.